The van der Waals surface area contributed by atoms with Crippen LogP contribution in [0.25, 0.3) is 44.1 Å². The standard InChI is InChI=1S/C46H44F2N4O8.C23H23FN2O4.CH4/c1-27(53)59-35-19-33(51(23-35)45(55)57-25-29-9-5-3-6-10-29)21-39-37-15-13-31(47)17-41(37)49-43(39)44-40(38-16-14-32(48)18-42(38)50-44)22-34-20-36(60-28(2)54)24-52(34)46(56)58-26-30-11-7-4-8-12-30;1-15(27)30-20-11-19(9-17-12-25-22-10-18(24)7-8-21(17)22)26(13-20)23(28)29-14-16-5-3-2-4-6-16;/h3-18,33-36,49-50H,19-26H2,1-2H3;2-8,10,12,19-20,25H,9,11,13-14H2,1H3;1H4/t33-,34-,35-,36-;19-,20+;/m01./s1. The Kier molecular flexibility index (Phi) is 20.1. The zero-order valence-electron chi connectivity index (χ0n) is 49.8. The summed E-state index contributed by atoms with van der Waals surface area (Å²) >= 11 is 0. The second-order valence-electron chi connectivity index (χ2n) is 22.9. The van der Waals surface area contributed by atoms with Gasteiger partial charge in [0.2, 0.25) is 0 Å². The number of H-pyrrole nitrogens is 3. The molecule has 0 unspecified atom stereocenters. The van der Waals surface area contributed by atoms with E-state index in [0.717, 1.165) is 38.8 Å². The zero-order chi connectivity index (χ0) is 63.0. The lowest BCUT2D eigenvalue weighted by Crippen LogP contribution is -2.38. The van der Waals surface area contributed by atoms with Gasteiger partial charge in [-0.15, -0.1) is 0 Å². The lowest BCUT2D eigenvalue weighted by Gasteiger charge is -2.25. The summed E-state index contributed by atoms with van der Waals surface area (Å²) in [5.41, 5.74) is 7.79. The van der Waals surface area contributed by atoms with Crippen molar-refractivity contribution in [2.75, 3.05) is 19.6 Å². The van der Waals surface area contributed by atoms with E-state index in [2.05, 4.69) is 15.0 Å². The molecule has 3 aliphatic rings. The van der Waals surface area contributed by atoms with Gasteiger partial charge in [-0.2, -0.15) is 0 Å². The van der Waals surface area contributed by atoms with Crippen LogP contribution < -0.4 is 0 Å². The summed E-state index contributed by atoms with van der Waals surface area (Å²) in [6.45, 7) is 4.78. The van der Waals surface area contributed by atoms with Crippen molar-refractivity contribution < 1.29 is 70.4 Å². The van der Waals surface area contributed by atoms with Gasteiger partial charge in [-0.05, 0) is 107 Å². The highest BCUT2D eigenvalue weighted by Gasteiger charge is 2.42. The average Bonchev–Trinajstić information content (AvgIpc) is 1.62. The topological polar surface area (TPSA) is 215 Å². The summed E-state index contributed by atoms with van der Waals surface area (Å²) in [5, 5.41) is 2.29. The molecule has 6 atom stereocenters. The molecule has 0 spiro atoms. The van der Waals surface area contributed by atoms with Crippen LogP contribution in [0.15, 0.2) is 152 Å². The Morgan fingerprint density at radius 1 is 0.440 bits per heavy atom. The molecule has 0 saturated carbocycles. The molecule has 3 aromatic heterocycles. The number of halogens is 3. The molecular weight excluding hydrogens is 1170 g/mol. The summed E-state index contributed by atoms with van der Waals surface area (Å²) in [6, 6.07) is 40.3. The Morgan fingerprint density at radius 2 is 0.769 bits per heavy atom. The van der Waals surface area contributed by atoms with E-state index in [-0.39, 0.29) is 83.7 Å². The minimum atomic E-state index is -0.588. The maximum Gasteiger partial charge on any atom is 0.410 e. The smallest absolute Gasteiger partial charge is 0.410 e. The van der Waals surface area contributed by atoms with Crippen LogP contribution >= 0.6 is 0 Å². The van der Waals surface area contributed by atoms with Crippen molar-refractivity contribution in [1.29, 1.82) is 0 Å². The molecule has 6 heterocycles. The molecule has 3 saturated heterocycles. The summed E-state index contributed by atoms with van der Waals surface area (Å²) in [5.74, 6) is -2.56. The number of ether oxygens (including phenoxy) is 6. The number of hydrogen-bond donors (Lipinski definition) is 3. The normalized spacial score (nSPS) is 18.5. The molecule has 3 amide bonds. The van der Waals surface area contributed by atoms with E-state index in [0.29, 0.717) is 64.4 Å². The first-order valence-corrected chi connectivity index (χ1v) is 29.8. The number of aromatic amines is 3. The van der Waals surface area contributed by atoms with E-state index in [1.165, 1.54) is 57.2 Å². The third-order valence-electron chi connectivity index (χ3n) is 16.5. The third-order valence-corrected chi connectivity index (χ3v) is 16.5. The van der Waals surface area contributed by atoms with Crippen LogP contribution in [0.5, 0.6) is 0 Å². The van der Waals surface area contributed by atoms with Crippen LogP contribution in [0.3, 0.4) is 0 Å². The maximum atomic E-state index is 14.9. The Balaban J connectivity index is 0.000000246. The highest BCUT2D eigenvalue weighted by atomic mass is 19.1. The third kappa shape index (κ3) is 15.5. The van der Waals surface area contributed by atoms with Gasteiger partial charge < -0.3 is 58.1 Å². The minimum absolute atomic E-state index is 0. The number of esters is 3. The lowest BCUT2D eigenvalue weighted by molar-refractivity contribution is -0.146. The molecule has 0 bridgehead atoms. The molecule has 3 aliphatic heterocycles. The van der Waals surface area contributed by atoms with Gasteiger partial charge in [0.25, 0.3) is 0 Å². The second kappa shape index (κ2) is 28.6. The first kappa shape index (κ1) is 64.0. The molecule has 3 N–H and O–H groups in total. The van der Waals surface area contributed by atoms with E-state index in [1.807, 2.05) is 97.2 Å². The Morgan fingerprint density at radius 3 is 1.12 bits per heavy atom. The number of hydrogen-bond acceptors (Lipinski definition) is 12. The number of nitrogens with zero attached hydrogens (tertiary/aromatic N) is 3. The second-order valence-corrected chi connectivity index (χ2v) is 22.9. The fraction of sp³-hybridized carbons (Fsp3) is 0.314. The number of likely N-dealkylation sites (tertiary alicyclic amines) is 3. The van der Waals surface area contributed by atoms with Crippen LogP contribution in [0.4, 0.5) is 27.6 Å². The van der Waals surface area contributed by atoms with E-state index < -0.39 is 66.1 Å². The van der Waals surface area contributed by atoms with Crippen LogP contribution in [0.2, 0.25) is 0 Å². The fourth-order valence-corrected chi connectivity index (χ4v) is 12.6. The number of rotatable bonds is 16. The Labute approximate surface area is 523 Å². The van der Waals surface area contributed by atoms with Crippen molar-refractivity contribution in [3.05, 3.63) is 203 Å². The Bertz CT molecular complexity index is 3890. The van der Waals surface area contributed by atoms with E-state index >= 15 is 0 Å². The lowest BCUT2D eigenvalue weighted by atomic mass is 9.95. The number of benzene rings is 6. The van der Waals surface area contributed by atoms with Crippen molar-refractivity contribution in [3.63, 3.8) is 0 Å². The van der Waals surface area contributed by atoms with Crippen molar-refractivity contribution in [1.82, 2.24) is 29.7 Å². The number of carbonyl (C=O) groups is 6. The van der Waals surface area contributed by atoms with Gasteiger partial charge in [-0.1, -0.05) is 98.4 Å². The van der Waals surface area contributed by atoms with Crippen molar-refractivity contribution in [2.24, 2.45) is 0 Å². The summed E-state index contributed by atoms with van der Waals surface area (Å²) in [6.07, 6.45) is 0.889. The van der Waals surface area contributed by atoms with Crippen molar-refractivity contribution in [3.8, 4) is 11.4 Å². The molecular formula is C70H71F3N6O12. The molecule has 474 valence electrons. The molecule has 0 radical (unpaired) electrons. The molecule has 91 heavy (non-hydrogen) atoms. The van der Waals surface area contributed by atoms with Gasteiger partial charge in [0.1, 0.15) is 55.6 Å². The Hall–Kier alpha value is -10.1. The number of aromatic nitrogens is 3. The average molecular weight is 1250 g/mol. The zero-order valence-corrected chi connectivity index (χ0v) is 49.8. The largest absolute Gasteiger partial charge is 0.461 e. The van der Waals surface area contributed by atoms with E-state index in [4.69, 9.17) is 28.4 Å². The van der Waals surface area contributed by atoms with E-state index in [9.17, 15) is 41.9 Å². The first-order valence-electron chi connectivity index (χ1n) is 29.8. The predicted octanol–water partition coefficient (Wildman–Crippen LogP) is 13.2. The summed E-state index contributed by atoms with van der Waals surface area (Å²) in [4.78, 5) is 90.6. The fourth-order valence-electron chi connectivity index (χ4n) is 12.6. The molecule has 9 aromatic rings. The molecule has 21 heteroatoms. The molecule has 18 nitrogen and oxygen atoms in total. The van der Waals surface area contributed by atoms with Gasteiger partial charge in [-0.3, -0.25) is 14.4 Å². The number of nitrogens with one attached hydrogen (secondary N) is 3. The van der Waals surface area contributed by atoms with Crippen molar-refractivity contribution >= 4 is 68.9 Å². The number of amides is 3. The summed E-state index contributed by atoms with van der Waals surface area (Å²) in [7, 11) is 0. The van der Waals surface area contributed by atoms with Crippen LogP contribution in [0, 0.1) is 17.5 Å². The van der Waals surface area contributed by atoms with Gasteiger partial charge in [0.15, 0.2) is 0 Å². The molecule has 6 aromatic carbocycles. The van der Waals surface area contributed by atoms with E-state index in [1.54, 1.807) is 32.9 Å². The van der Waals surface area contributed by atoms with Crippen LogP contribution in [-0.4, -0.2) is 122 Å². The number of carbonyl (C=O) groups excluding carboxylic acids is 6. The number of fused-ring (bicyclic) bond motifs is 3. The predicted molar refractivity (Wildman–Crippen MR) is 333 cm³/mol. The maximum absolute atomic E-state index is 14.9. The molecule has 0 aliphatic carbocycles. The van der Waals surface area contributed by atoms with Crippen LogP contribution in [-0.2, 0) is 81.9 Å². The van der Waals surface area contributed by atoms with Crippen molar-refractivity contribution in [2.45, 2.75) is 123 Å². The first-order chi connectivity index (χ1) is 43.5. The molecule has 3 fully saturated rings. The monoisotopic (exact) mass is 1240 g/mol. The van der Waals surface area contributed by atoms with Gasteiger partial charge in [0.05, 0.1) is 31.0 Å². The highest BCUT2D eigenvalue weighted by molar-refractivity contribution is 5.96. The van der Waals surface area contributed by atoms with Gasteiger partial charge in [0, 0.05) is 97.1 Å². The summed E-state index contributed by atoms with van der Waals surface area (Å²) < 4.78 is 76.8. The quantitative estimate of drug-likeness (QED) is 0.0608. The minimum Gasteiger partial charge on any atom is -0.461 e. The molecule has 12 rings (SSSR count). The van der Waals surface area contributed by atoms with Gasteiger partial charge in [-0.25, -0.2) is 27.6 Å². The van der Waals surface area contributed by atoms with Crippen LogP contribution in [0.1, 0.15) is 80.8 Å². The highest BCUT2D eigenvalue weighted by Crippen LogP contribution is 2.41. The van der Waals surface area contributed by atoms with Gasteiger partial charge >= 0.3 is 36.2 Å². The SMILES string of the molecule is C.CC(=O)O[C@H]1C[C@@H](Cc2c(-c3[nH]c4cc(F)ccc4c3C[C@@H]3C[C@H](OC(C)=O)CN3C(=O)OCc3ccccc3)[nH]c3cc(F)ccc23)N(C(=O)OCc2ccccc2)C1.CC(=O)O[C@H]1C[C@@H](Cc2c[nH]c3cc(F)ccc23)N(C(=O)OCc2ccccc2)C1.